The van der Waals surface area contributed by atoms with Crippen LogP contribution in [0.5, 0.6) is 5.75 Å². The van der Waals surface area contributed by atoms with Gasteiger partial charge in [-0.3, -0.25) is 0 Å². The maximum atomic E-state index is 13.1. The minimum Gasteiger partial charge on any atom is -0.496 e. The lowest BCUT2D eigenvalue weighted by atomic mass is 10.0. The van der Waals surface area contributed by atoms with Gasteiger partial charge in [0, 0.05) is 37.4 Å². The molecule has 1 saturated heterocycles. The quantitative estimate of drug-likeness (QED) is 0.891. The summed E-state index contributed by atoms with van der Waals surface area (Å²) in [6.45, 7) is 6.68. The second-order valence-electron chi connectivity index (χ2n) is 6.87. The molecule has 144 valence electrons. The van der Waals surface area contributed by atoms with Crippen LogP contribution in [-0.2, 0) is 0 Å². The molecule has 2 amide bonds. The van der Waals surface area contributed by atoms with Crippen LogP contribution < -0.4 is 15.0 Å². The lowest BCUT2D eigenvalue weighted by molar-refractivity contribution is 0.191. The van der Waals surface area contributed by atoms with Gasteiger partial charge in [-0.2, -0.15) is 0 Å². The number of benzene rings is 2. The Labute approximate surface area is 159 Å². The van der Waals surface area contributed by atoms with Crippen molar-refractivity contribution in [1.82, 2.24) is 10.2 Å². The van der Waals surface area contributed by atoms with E-state index in [1.807, 2.05) is 36.9 Å². The van der Waals surface area contributed by atoms with Crippen molar-refractivity contribution in [3.8, 4) is 5.75 Å². The summed E-state index contributed by atoms with van der Waals surface area (Å²) in [7, 11) is 1.64. The molecule has 1 heterocycles. The predicted molar refractivity (Wildman–Crippen MR) is 105 cm³/mol. The van der Waals surface area contributed by atoms with Crippen LogP contribution >= 0.6 is 0 Å². The first kappa shape index (κ1) is 19.0. The molecule has 0 radical (unpaired) electrons. The molecule has 1 atom stereocenters. The number of anilines is 1. The van der Waals surface area contributed by atoms with E-state index in [0.29, 0.717) is 13.1 Å². The predicted octanol–water partition coefficient (Wildman–Crippen LogP) is 3.74. The smallest absolute Gasteiger partial charge is 0.317 e. The van der Waals surface area contributed by atoms with Crippen LogP contribution in [0.1, 0.15) is 24.1 Å². The molecule has 1 N–H and O–H groups in total. The molecule has 27 heavy (non-hydrogen) atoms. The molecule has 3 rings (SSSR count). The van der Waals surface area contributed by atoms with Crippen molar-refractivity contribution in [2.24, 2.45) is 0 Å². The first-order chi connectivity index (χ1) is 13.0. The number of nitrogens with one attached hydrogen (secondary N) is 1. The third-order valence-corrected chi connectivity index (χ3v) is 4.95. The molecule has 6 heteroatoms. The minimum atomic E-state index is -0.239. The van der Waals surface area contributed by atoms with E-state index < -0.39 is 0 Å². The largest absolute Gasteiger partial charge is 0.496 e. The van der Waals surface area contributed by atoms with Gasteiger partial charge >= 0.3 is 6.03 Å². The fraction of sp³-hybridized carbons (Fsp3) is 0.381. The number of nitrogens with zero attached hydrogens (tertiary/aromatic N) is 2. The number of carbonyl (C=O) groups excluding carboxylic acids is 1. The van der Waals surface area contributed by atoms with Gasteiger partial charge in [-0.15, -0.1) is 0 Å². The van der Waals surface area contributed by atoms with Crippen LogP contribution in [0.25, 0.3) is 0 Å². The van der Waals surface area contributed by atoms with Crippen molar-refractivity contribution >= 4 is 11.7 Å². The number of methoxy groups -OCH3 is 1. The van der Waals surface area contributed by atoms with Crippen molar-refractivity contribution in [2.75, 3.05) is 38.2 Å². The normalized spacial score (nSPS) is 15.4. The number of urea groups is 1. The van der Waals surface area contributed by atoms with Gasteiger partial charge in [0.2, 0.25) is 0 Å². The minimum absolute atomic E-state index is 0.0789. The summed E-state index contributed by atoms with van der Waals surface area (Å²) in [5.74, 6) is 0.534. The molecule has 2 aromatic carbocycles. The Morgan fingerprint density at radius 3 is 2.41 bits per heavy atom. The molecule has 1 unspecified atom stereocenters. The van der Waals surface area contributed by atoms with Gasteiger partial charge in [0.1, 0.15) is 11.6 Å². The van der Waals surface area contributed by atoms with E-state index in [1.165, 1.54) is 12.1 Å². The second kappa shape index (κ2) is 8.29. The van der Waals surface area contributed by atoms with E-state index in [9.17, 15) is 9.18 Å². The molecule has 0 saturated carbocycles. The number of hydrogen-bond donors (Lipinski definition) is 1. The molecule has 1 aliphatic rings. The summed E-state index contributed by atoms with van der Waals surface area (Å²) < 4.78 is 18.5. The summed E-state index contributed by atoms with van der Waals surface area (Å²) in [5, 5.41) is 3.07. The summed E-state index contributed by atoms with van der Waals surface area (Å²) in [5.41, 5.74) is 3.07. The van der Waals surface area contributed by atoms with Gasteiger partial charge in [-0.1, -0.05) is 17.7 Å². The van der Waals surface area contributed by atoms with Gasteiger partial charge in [0.25, 0.3) is 0 Å². The molecule has 0 spiro atoms. The standard InChI is InChI=1S/C21H26FN3O2/c1-15-4-9-20(27-3)19(14-15)16(2)23-21(26)25-12-10-24(11-13-25)18-7-5-17(22)6-8-18/h4-9,14,16H,10-13H2,1-3H3,(H,23,26). The second-order valence-corrected chi connectivity index (χ2v) is 6.87. The third kappa shape index (κ3) is 4.51. The highest BCUT2D eigenvalue weighted by atomic mass is 19.1. The zero-order valence-corrected chi connectivity index (χ0v) is 16.0. The fourth-order valence-electron chi connectivity index (χ4n) is 3.37. The van der Waals surface area contributed by atoms with E-state index in [1.54, 1.807) is 19.2 Å². The van der Waals surface area contributed by atoms with Crippen molar-refractivity contribution < 1.29 is 13.9 Å². The summed E-state index contributed by atoms with van der Waals surface area (Å²) in [4.78, 5) is 16.6. The van der Waals surface area contributed by atoms with Crippen LogP contribution in [0.15, 0.2) is 42.5 Å². The number of hydrogen-bond acceptors (Lipinski definition) is 3. The maximum absolute atomic E-state index is 13.1. The van der Waals surface area contributed by atoms with Crippen molar-refractivity contribution in [3.05, 3.63) is 59.4 Å². The van der Waals surface area contributed by atoms with E-state index in [0.717, 1.165) is 35.7 Å². The Hall–Kier alpha value is -2.76. The number of carbonyl (C=O) groups is 1. The molecular weight excluding hydrogens is 345 g/mol. The van der Waals surface area contributed by atoms with E-state index in [-0.39, 0.29) is 17.9 Å². The highest BCUT2D eigenvalue weighted by Gasteiger charge is 2.23. The topological polar surface area (TPSA) is 44.8 Å². The molecule has 0 bridgehead atoms. The Bertz CT molecular complexity index is 787. The lowest BCUT2D eigenvalue weighted by Gasteiger charge is -2.36. The highest BCUT2D eigenvalue weighted by Crippen LogP contribution is 2.26. The van der Waals surface area contributed by atoms with Gasteiger partial charge < -0.3 is 19.9 Å². The highest BCUT2D eigenvalue weighted by molar-refractivity contribution is 5.75. The monoisotopic (exact) mass is 371 g/mol. The van der Waals surface area contributed by atoms with Crippen molar-refractivity contribution in [2.45, 2.75) is 19.9 Å². The summed E-state index contributed by atoms with van der Waals surface area (Å²) in [6, 6.07) is 12.2. The lowest BCUT2D eigenvalue weighted by Crippen LogP contribution is -2.52. The van der Waals surface area contributed by atoms with Crippen LogP contribution in [0.3, 0.4) is 0 Å². The number of aryl methyl sites for hydroxylation is 1. The Kier molecular flexibility index (Phi) is 5.84. The number of rotatable bonds is 4. The van der Waals surface area contributed by atoms with Crippen LogP contribution in [-0.4, -0.2) is 44.2 Å². The Morgan fingerprint density at radius 2 is 1.78 bits per heavy atom. The Balaban J connectivity index is 1.58. The van der Waals surface area contributed by atoms with Gasteiger partial charge in [-0.05, 0) is 44.2 Å². The zero-order valence-electron chi connectivity index (χ0n) is 16.0. The average molecular weight is 371 g/mol. The molecule has 0 aliphatic carbocycles. The van der Waals surface area contributed by atoms with Gasteiger partial charge in [0.05, 0.1) is 13.2 Å². The van der Waals surface area contributed by atoms with E-state index >= 15 is 0 Å². The summed E-state index contributed by atoms with van der Waals surface area (Å²) >= 11 is 0. The number of ether oxygens (including phenoxy) is 1. The first-order valence-electron chi connectivity index (χ1n) is 9.18. The van der Waals surface area contributed by atoms with Gasteiger partial charge in [0.15, 0.2) is 0 Å². The van der Waals surface area contributed by atoms with Crippen molar-refractivity contribution in [1.29, 1.82) is 0 Å². The van der Waals surface area contributed by atoms with Crippen LogP contribution in [0.2, 0.25) is 0 Å². The Morgan fingerprint density at radius 1 is 1.11 bits per heavy atom. The summed E-state index contributed by atoms with van der Waals surface area (Å²) in [6.07, 6.45) is 0. The third-order valence-electron chi connectivity index (χ3n) is 4.95. The number of amides is 2. The molecular formula is C21H26FN3O2. The molecule has 1 fully saturated rings. The fourth-order valence-corrected chi connectivity index (χ4v) is 3.37. The molecule has 5 nitrogen and oxygen atoms in total. The number of halogens is 1. The molecule has 0 aromatic heterocycles. The first-order valence-corrected chi connectivity index (χ1v) is 9.18. The zero-order chi connectivity index (χ0) is 19.4. The van der Waals surface area contributed by atoms with Crippen LogP contribution in [0, 0.1) is 12.7 Å². The van der Waals surface area contributed by atoms with E-state index in [4.69, 9.17) is 4.74 Å². The van der Waals surface area contributed by atoms with Gasteiger partial charge in [-0.25, -0.2) is 9.18 Å². The molecule has 1 aliphatic heterocycles. The average Bonchev–Trinajstić information content (AvgIpc) is 2.68. The SMILES string of the molecule is COc1ccc(C)cc1C(C)NC(=O)N1CCN(c2ccc(F)cc2)CC1. The van der Waals surface area contributed by atoms with Crippen molar-refractivity contribution in [3.63, 3.8) is 0 Å². The maximum Gasteiger partial charge on any atom is 0.317 e. The van der Waals surface area contributed by atoms with E-state index in [2.05, 4.69) is 10.2 Å². The van der Waals surface area contributed by atoms with Crippen LogP contribution in [0.4, 0.5) is 14.9 Å². The number of piperazine rings is 1. The molecule has 2 aromatic rings.